The summed E-state index contributed by atoms with van der Waals surface area (Å²) in [6.45, 7) is 3.14. The Balaban J connectivity index is 1.68. The van der Waals surface area contributed by atoms with Crippen LogP contribution in [0.3, 0.4) is 0 Å². The first-order chi connectivity index (χ1) is 14.8. The van der Waals surface area contributed by atoms with Crippen LogP contribution < -0.4 is 5.32 Å². The minimum Gasteiger partial charge on any atom is -0.454 e. The number of rotatable bonds is 7. The smallest absolute Gasteiger partial charge is 0.329 e. The minimum atomic E-state index is -1.13. The average molecular weight is 419 g/mol. The van der Waals surface area contributed by atoms with Crippen LogP contribution in [0.4, 0.5) is 5.69 Å². The molecule has 0 aromatic heterocycles. The fourth-order valence-corrected chi connectivity index (χ4v) is 3.30. The van der Waals surface area contributed by atoms with Crippen molar-refractivity contribution in [1.29, 1.82) is 5.26 Å². The summed E-state index contributed by atoms with van der Waals surface area (Å²) in [6, 6.07) is 13.4. The number of anilines is 1. The zero-order valence-corrected chi connectivity index (χ0v) is 17.1. The standard InChI is InChI=1S/C23H21N3O5/c1-14(2)11-19(26-21(28)17-5-3-4-6-18(17)22(26)29)23(30)31-13-20(27)25-16-9-7-15(12-24)8-10-16/h3-10,14,19H,11,13H2,1-2H3,(H,25,27)/t19-/m0/s1. The number of nitriles is 1. The molecular formula is C23H21N3O5. The van der Waals surface area contributed by atoms with Crippen molar-refractivity contribution in [1.82, 2.24) is 4.90 Å². The minimum absolute atomic E-state index is 0.00524. The van der Waals surface area contributed by atoms with Crippen molar-refractivity contribution >= 4 is 29.4 Å². The first kappa shape index (κ1) is 21.7. The van der Waals surface area contributed by atoms with Gasteiger partial charge in [0, 0.05) is 5.69 Å². The Labute approximate surface area is 179 Å². The van der Waals surface area contributed by atoms with Gasteiger partial charge in [-0.2, -0.15) is 5.26 Å². The van der Waals surface area contributed by atoms with Gasteiger partial charge < -0.3 is 10.1 Å². The molecule has 0 fully saturated rings. The molecule has 0 aliphatic carbocycles. The fraction of sp³-hybridized carbons (Fsp3) is 0.261. The second-order valence-electron chi connectivity index (χ2n) is 7.52. The third-order valence-corrected chi connectivity index (χ3v) is 4.75. The van der Waals surface area contributed by atoms with Crippen molar-refractivity contribution in [2.75, 3.05) is 11.9 Å². The van der Waals surface area contributed by atoms with Gasteiger partial charge in [-0.3, -0.25) is 19.3 Å². The van der Waals surface area contributed by atoms with Crippen molar-refractivity contribution < 1.29 is 23.9 Å². The van der Waals surface area contributed by atoms with Crippen LogP contribution in [-0.4, -0.2) is 41.2 Å². The van der Waals surface area contributed by atoms with E-state index in [1.54, 1.807) is 48.5 Å². The first-order valence-electron chi connectivity index (χ1n) is 9.75. The van der Waals surface area contributed by atoms with Crippen LogP contribution in [0.15, 0.2) is 48.5 Å². The van der Waals surface area contributed by atoms with E-state index in [4.69, 9.17) is 10.00 Å². The zero-order chi connectivity index (χ0) is 22.5. The molecule has 1 heterocycles. The molecule has 8 nitrogen and oxygen atoms in total. The molecule has 1 aliphatic rings. The maximum absolute atomic E-state index is 12.8. The Kier molecular flexibility index (Phi) is 6.46. The number of nitrogens with one attached hydrogen (secondary N) is 1. The monoisotopic (exact) mass is 419 g/mol. The van der Waals surface area contributed by atoms with Gasteiger partial charge in [0.15, 0.2) is 6.61 Å². The number of amides is 3. The summed E-state index contributed by atoms with van der Waals surface area (Å²) in [5, 5.41) is 11.4. The molecule has 0 bridgehead atoms. The highest BCUT2D eigenvalue weighted by Crippen LogP contribution is 2.27. The van der Waals surface area contributed by atoms with Crippen LogP contribution in [0.25, 0.3) is 0 Å². The number of carbonyl (C=O) groups is 4. The summed E-state index contributed by atoms with van der Waals surface area (Å²) in [6.07, 6.45) is 0.210. The number of esters is 1. The lowest BCUT2D eigenvalue weighted by Gasteiger charge is -2.25. The van der Waals surface area contributed by atoms with Gasteiger partial charge in [0.05, 0.1) is 22.8 Å². The zero-order valence-electron chi connectivity index (χ0n) is 17.1. The van der Waals surface area contributed by atoms with Crippen LogP contribution in [0, 0.1) is 17.2 Å². The Morgan fingerprint density at radius 3 is 2.13 bits per heavy atom. The Hall–Kier alpha value is -3.99. The molecule has 3 amide bonds. The lowest BCUT2D eigenvalue weighted by atomic mass is 10.0. The molecule has 3 rings (SSSR count). The predicted molar refractivity (Wildman–Crippen MR) is 111 cm³/mol. The van der Waals surface area contributed by atoms with Crippen LogP contribution >= 0.6 is 0 Å². The van der Waals surface area contributed by atoms with Gasteiger partial charge in [-0.1, -0.05) is 26.0 Å². The van der Waals surface area contributed by atoms with Crippen LogP contribution in [0.1, 0.15) is 46.5 Å². The molecule has 2 aromatic rings. The van der Waals surface area contributed by atoms with Gasteiger partial charge in [-0.05, 0) is 48.7 Å². The van der Waals surface area contributed by atoms with Crippen molar-refractivity contribution in [2.45, 2.75) is 26.3 Å². The van der Waals surface area contributed by atoms with Crippen molar-refractivity contribution in [2.24, 2.45) is 5.92 Å². The van der Waals surface area contributed by atoms with E-state index in [1.807, 2.05) is 19.9 Å². The SMILES string of the molecule is CC(C)C[C@@H](C(=O)OCC(=O)Nc1ccc(C#N)cc1)N1C(=O)c2ccccc2C1=O. The number of hydrogen-bond acceptors (Lipinski definition) is 6. The molecule has 0 radical (unpaired) electrons. The highest BCUT2D eigenvalue weighted by atomic mass is 16.5. The van der Waals surface area contributed by atoms with Crippen LogP contribution in [0.2, 0.25) is 0 Å². The number of imide groups is 1. The van der Waals surface area contributed by atoms with E-state index in [2.05, 4.69) is 5.32 Å². The van der Waals surface area contributed by atoms with Gasteiger partial charge in [0.2, 0.25) is 0 Å². The second kappa shape index (κ2) is 9.22. The molecule has 31 heavy (non-hydrogen) atoms. The third kappa shape index (κ3) is 4.78. The Morgan fingerprint density at radius 2 is 1.61 bits per heavy atom. The number of ether oxygens (including phenoxy) is 1. The third-order valence-electron chi connectivity index (χ3n) is 4.75. The number of benzene rings is 2. The number of fused-ring (bicyclic) bond motifs is 1. The van der Waals surface area contributed by atoms with E-state index in [-0.39, 0.29) is 23.5 Å². The lowest BCUT2D eigenvalue weighted by Crippen LogP contribution is -2.46. The summed E-state index contributed by atoms with van der Waals surface area (Å²) in [5.74, 6) is -2.51. The van der Waals surface area contributed by atoms with Gasteiger partial charge in [0.1, 0.15) is 6.04 Å². The number of carbonyl (C=O) groups excluding carboxylic acids is 4. The van der Waals surface area contributed by atoms with Crippen molar-refractivity contribution in [3.8, 4) is 6.07 Å². The van der Waals surface area contributed by atoms with E-state index >= 15 is 0 Å². The lowest BCUT2D eigenvalue weighted by molar-refractivity contribution is -0.151. The number of nitrogens with zero attached hydrogens (tertiary/aromatic N) is 2. The molecule has 1 N–H and O–H groups in total. The molecule has 8 heteroatoms. The van der Waals surface area contributed by atoms with Gasteiger partial charge in [-0.25, -0.2) is 4.79 Å². The van der Waals surface area contributed by atoms with E-state index in [0.29, 0.717) is 11.3 Å². The average Bonchev–Trinajstić information content (AvgIpc) is 3.01. The topological polar surface area (TPSA) is 117 Å². The van der Waals surface area contributed by atoms with Gasteiger partial charge in [0.25, 0.3) is 17.7 Å². The summed E-state index contributed by atoms with van der Waals surface area (Å²) in [5.41, 5.74) is 1.38. The molecular weight excluding hydrogens is 398 g/mol. The molecule has 0 saturated heterocycles. The van der Waals surface area contributed by atoms with E-state index < -0.39 is 36.3 Å². The summed E-state index contributed by atoms with van der Waals surface area (Å²) in [7, 11) is 0. The van der Waals surface area contributed by atoms with Crippen LogP contribution in [-0.2, 0) is 14.3 Å². The first-order valence-corrected chi connectivity index (χ1v) is 9.75. The summed E-state index contributed by atoms with van der Waals surface area (Å²) < 4.78 is 5.14. The highest BCUT2D eigenvalue weighted by Gasteiger charge is 2.43. The van der Waals surface area contributed by atoms with Crippen molar-refractivity contribution in [3.05, 3.63) is 65.2 Å². The quantitative estimate of drug-likeness (QED) is 0.545. The summed E-state index contributed by atoms with van der Waals surface area (Å²) in [4.78, 5) is 51.4. The normalized spacial score (nSPS) is 13.5. The largest absolute Gasteiger partial charge is 0.454 e. The Bertz CT molecular complexity index is 1030. The fourth-order valence-electron chi connectivity index (χ4n) is 3.30. The Morgan fingerprint density at radius 1 is 1.03 bits per heavy atom. The molecule has 0 saturated carbocycles. The maximum atomic E-state index is 12.8. The number of hydrogen-bond donors (Lipinski definition) is 1. The van der Waals surface area contributed by atoms with Gasteiger partial charge in [-0.15, -0.1) is 0 Å². The maximum Gasteiger partial charge on any atom is 0.329 e. The molecule has 158 valence electrons. The van der Waals surface area contributed by atoms with E-state index in [0.717, 1.165) is 4.90 Å². The van der Waals surface area contributed by atoms with Gasteiger partial charge >= 0.3 is 5.97 Å². The van der Waals surface area contributed by atoms with Crippen LogP contribution in [0.5, 0.6) is 0 Å². The second-order valence-corrected chi connectivity index (χ2v) is 7.52. The van der Waals surface area contributed by atoms with Crippen molar-refractivity contribution in [3.63, 3.8) is 0 Å². The summed E-state index contributed by atoms with van der Waals surface area (Å²) >= 11 is 0. The highest BCUT2D eigenvalue weighted by molar-refractivity contribution is 6.22. The molecule has 0 unspecified atom stereocenters. The molecule has 2 aromatic carbocycles. The molecule has 0 spiro atoms. The van der Waals surface area contributed by atoms with E-state index in [1.165, 1.54) is 0 Å². The molecule has 1 atom stereocenters. The van der Waals surface area contributed by atoms with E-state index in [9.17, 15) is 19.2 Å². The molecule has 1 aliphatic heterocycles. The predicted octanol–water partition coefficient (Wildman–Crippen LogP) is 2.75.